The van der Waals surface area contributed by atoms with Crippen LogP contribution in [0.2, 0.25) is 5.02 Å². The first-order valence-corrected chi connectivity index (χ1v) is 7.75. The molecule has 21 heavy (non-hydrogen) atoms. The van der Waals surface area contributed by atoms with Gasteiger partial charge in [-0.2, -0.15) is 0 Å². The van der Waals surface area contributed by atoms with E-state index >= 15 is 0 Å². The zero-order chi connectivity index (χ0) is 15.4. The van der Waals surface area contributed by atoms with Crippen LogP contribution in [0.3, 0.4) is 0 Å². The van der Waals surface area contributed by atoms with E-state index in [1.165, 1.54) is 6.08 Å². The summed E-state index contributed by atoms with van der Waals surface area (Å²) in [5, 5.41) is 9.22. The Morgan fingerprint density at radius 2 is 1.71 bits per heavy atom. The van der Waals surface area contributed by atoms with Crippen LogP contribution in [-0.4, -0.2) is 11.1 Å². The quantitative estimate of drug-likeness (QED) is 0.626. The van der Waals surface area contributed by atoms with Crippen molar-refractivity contribution in [3.05, 3.63) is 62.0 Å². The summed E-state index contributed by atoms with van der Waals surface area (Å²) in [5.41, 5.74) is 0.756. The first-order valence-electron chi connectivity index (χ1n) is 5.79. The molecular formula is C15H9Br2ClO3. The van der Waals surface area contributed by atoms with Crippen molar-refractivity contribution < 1.29 is 14.6 Å². The number of hydrogen-bond acceptors (Lipinski definition) is 2. The molecule has 0 radical (unpaired) electrons. The highest BCUT2D eigenvalue weighted by Crippen LogP contribution is 2.35. The fraction of sp³-hybridized carbons (Fsp3) is 0. The number of halogens is 3. The Balaban J connectivity index is 2.23. The number of rotatable bonds is 4. The molecule has 0 aliphatic carbocycles. The van der Waals surface area contributed by atoms with Gasteiger partial charge >= 0.3 is 5.97 Å². The highest BCUT2D eigenvalue weighted by molar-refractivity contribution is 9.11. The second-order valence-electron chi connectivity index (χ2n) is 4.04. The largest absolute Gasteiger partial charge is 0.478 e. The normalized spacial score (nSPS) is 10.8. The van der Waals surface area contributed by atoms with E-state index in [0.29, 0.717) is 16.5 Å². The predicted octanol–water partition coefficient (Wildman–Crippen LogP) is 5.76. The smallest absolute Gasteiger partial charge is 0.328 e. The number of carboxylic acids is 1. The molecule has 2 rings (SSSR count). The summed E-state index contributed by atoms with van der Waals surface area (Å²) in [5.74, 6) is 0.260. The topological polar surface area (TPSA) is 46.5 Å². The number of carbonyl (C=O) groups is 1. The molecule has 0 atom stereocenters. The molecule has 1 N–H and O–H groups in total. The van der Waals surface area contributed by atoms with Crippen LogP contribution in [0.4, 0.5) is 0 Å². The first kappa shape index (κ1) is 16.1. The molecule has 0 aliphatic rings. The van der Waals surface area contributed by atoms with Crippen molar-refractivity contribution in [1.82, 2.24) is 0 Å². The Morgan fingerprint density at radius 1 is 1.10 bits per heavy atom. The minimum Gasteiger partial charge on any atom is -0.478 e. The summed E-state index contributed by atoms with van der Waals surface area (Å²) in [4.78, 5) is 10.5. The minimum absolute atomic E-state index is 0.613. The Kier molecular flexibility index (Phi) is 5.45. The van der Waals surface area contributed by atoms with Gasteiger partial charge in [0.15, 0.2) is 0 Å². The third-order valence-electron chi connectivity index (χ3n) is 2.49. The summed E-state index contributed by atoms with van der Waals surface area (Å²) >= 11 is 12.7. The van der Waals surface area contributed by atoms with E-state index in [-0.39, 0.29) is 0 Å². The summed E-state index contributed by atoms with van der Waals surface area (Å²) in [7, 11) is 0. The highest BCUT2D eigenvalue weighted by Gasteiger charge is 2.07. The average Bonchev–Trinajstić information content (AvgIpc) is 2.42. The van der Waals surface area contributed by atoms with Gasteiger partial charge in [-0.25, -0.2) is 4.79 Å². The number of carboxylic acid groups (broad SMARTS) is 1. The van der Waals surface area contributed by atoms with Crippen LogP contribution in [0.25, 0.3) is 6.08 Å². The Morgan fingerprint density at radius 3 is 2.29 bits per heavy atom. The predicted molar refractivity (Wildman–Crippen MR) is 90.0 cm³/mol. The number of aliphatic carboxylic acids is 1. The van der Waals surface area contributed by atoms with Gasteiger partial charge in [-0.3, -0.25) is 0 Å². The summed E-state index contributed by atoms with van der Waals surface area (Å²) in [6.45, 7) is 0. The van der Waals surface area contributed by atoms with Crippen molar-refractivity contribution in [3.63, 3.8) is 0 Å². The third-order valence-corrected chi connectivity index (χ3v) is 3.96. The molecule has 0 fully saturated rings. The van der Waals surface area contributed by atoms with Gasteiger partial charge in [0.25, 0.3) is 0 Å². The molecule has 0 heterocycles. The van der Waals surface area contributed by atoms with Gasteiger partial charge in [0.05, 0.1) is 8.95 Å². The van der Waals surface area contributed by atoms with Crippen molar-refractivity contribution >= 4 is 55.5 Å². The second-order valence-corrected chi connectivity index (χ2v) is 6.18. The van der Waals surface area contributed by atoms with Crippen LogP contribution in [-0.2, 0) is 4.79 Å². The maximum absolute atomic E-state index is 10.5. The molecule has 0 bridgehead atoms. The molecule has 3 nitrogen and oxygen atoms in total. The molecule has 0 saturated heterocycles. The van der Waals surface area contributed by atoms with Crippen molar-refractivity contribution in [2.24, 2.45) is 0 Å². The summed E-state index contributed by atoms with van der Waals surface area (Å²) in [6.07, 6.45) is 2.59. The minimum atomic E-state index is -0.989. The lowest BCUT2D eigenvalue weighted by Gasteiger charge is -2.10. The summed E-state index contributed by atoms with van der Waals surface area (Å²) < 4.78 is 7.25. The molecule has 2 aromatic carbocycles. The van der Waals surface area contributed by atoms with E-state index in [1.807, 2.05) is 0 Å². The van der Waals surface area contributed by atoms with E-state index in [1.54, 1.807) is 36.4 Å². The first-order chi connectivity index (χ1) is 9.95. The molecule has 2 aromatic rings. The molecule has 0 amide bonds. The van der Waals surface area contributed by atoms with E-state index in [9.17, 15) is 4.79 Å². The zero-order valence-electron chi connectivity index (χ0n) is 10.5. The monoisotopic (exact) mass is 430 g/mol. The zero-order valence-corrected chi connectivity index (χ0v) is 14.4. The molecule has 6 heteroatoms. The Hall–Kier alpha value is -1.30. The Bertz CT molecular complexity index is 714. The third kappa shape index (κ3) is 4.59. The lowest BCUT2D eigenvalue weighted by Crippen LogP contribution is -1.88. The fourth-order valence-corrected chi connectivity index (χ4v) is 2.79. The van der Waals surface area contributed by atoms with Crippen LogP contribution in [0.5, 0.6) is 11.5 Å². The molecule has 0 spiro atoms. The van der Waals surface area contributed by atoms with Crippen LogP contribution >= 0.6 is 43.5 Å². The van der Waals surface area contributed by atoms with Gasteiger partial charge < -0.3 is 9.84 Å². The van der Waals surface area contributed by atoms with Gasteiger partial charge in [-0.1, -0.05) is 17.7 Å². The molecule has 108 valence electrons. The van der Waals surface area contributed by atoms with Gasteiger partial charge in [0, 0.05) is 11.1 Å². The standard InChI is InChI=1S/C15H9Br2ClO3/c16-11-7-9(2-6-15(19)20)1-4-13(11)21-14-5-3-10(18)8-12(14)17/h1-8H,(H,19,20)/b6-2+. The van der Waals surface area contributed by atoms with Gasteiger partial charge in [0.1, 0.15) is 11.5 Å². The van der Waals surface area contributed by atoms with Gasteiger partial charge in [-0.15, -0.1) is 0 Å². The van der Waals surface area contributed by atoms with E-state index in [4.69, 9.17) is 21.4 Å². The molecule has 0 aliphatic heterocycles. The molecule has 0 saturated carbocycles. The highest BCUT2D eigenvalue weighted by atomic mass is 79.9. The Labute approximate surface area is 143 Å². The number of benzene rings is 2. The van der Waals surface area contributed by atoms with Crippen LogP contribution in [0, 0.1) is 0 Å². The van der Waals surface area contributed by atoms with Crippen LogP contribution in [0.1, 0.15) is 5.56 Å². The lowest BCUT2D eigenvalue weighted by molar-refractivity contribution is -0.131. The van der Waals surface area contributed by atoms with Crippen molar-refractivity contribution in [2.45, 2.75) is 0 Å². The average molecular weight is 432 g/mol. The van der Waals surface area contributed by atoms with E-state index in [2.05, 4.69) is 31.9 Å². The van der Waals surface area contributed by atoms with Crippen LogP contribution < -0.4 is 4.74 Å². The number of hydrogen-bond donors (Lipinski definition) is 1. The SMILES string of the molecule is O=C(O)/C=C/c1ccc(Oc2ccc(Cl)cc2Br)c(Br)c1. The molecule has 0 unspecified atom stereocenters. The molecular weight excluding hydrogens is 423 g/mol. The number of ether oxygens (including phenoxy) is 1. The lowest BCUT2D eigenvalue weighted by atomic mass is 10.2. The van der Waals surface area contributed by atoms with Gasteiger partial charge in [-0.05, 0) is 73.8 Å². The maximum atomic E-state index is 10.5. The maximum Gasteiger partial charge on any atom is 0.328 e. The van der Waals surface area contributed by atoms with Crippen molar-refractivity contribution in [1.29, 1.82) is 0 Å². The summed E-state index contributed by atoms with van der Waals surface area (Å²) in [6, 6.07) is 10.5. The molecule has 0 aromatic heterocycles. The van der Waals surface area contributed by atoms with Gasteiger partial charge in [0.2, 0.25) is 0 Å². The second kappa shape index (κ2) is 7.11. The van der Waals surface area contributed by atoms with Crippen molar-refractivity contribution in [2.75, 3.05) is 0 Å². The fourth-order valence-electron chi connectivity index (χ4n) is 1.55. The van der Waals surface area contributed by atoms with Crippen molar-refractivity contribution in [3.8, 4) is 11.5 Å². The van der Waals surface area contributed by atoms with Crippen LogP contribution in [0.15, 0.2) is 51.4 Å². The van der Waals surface area contributed by atoms with E-state index in [0.717, 1.165) is 20.6 Å². The van der Waals surface area contributed by atoms with E-state index < -0.39 is 5.97 Å².